The molecule has 2 aromatic carbocycles. The van der Waals surface area contributed by atoms with Crippen LogP contribution in [0.15, 0.2) is 35.4 Å². The van der Waals surface area contributed by atoms with Crippen LogP contribution in [0.4, 0.5) is 36.4 Å². The molecule has 0 bridgehead atoms. The van der Waals surface area contributed by atoms with Gasteiger partial charge in [-0.05, 0) is 17.7 Å². The number of aliphatic carboxylic acids is 1. The van der Waals surface area contributed by atoms with Crippen molar-refractivity contribution in [1.82, 2.24) is 0 Å². The molecule has 1 aliphatic rings. The molecule has 0 aliphatic carbocycles. The third-order valence-electron chi connectivity index (χ3n) is 4.25. The fourth-order valence-corrected chi connectivity index (χ4v) is 2.86. The van der Waals surface area contributed by atoms with Crippen molar-refractivity contribution in [2.24, 2.45) is 0 Å². The Morgan fingerprint density at radius 3 is 2.12 bits per heavy atom. The fraction of sp³-hybridized carbons (Fsp3) is 0.158. The zero-order chi connectivity index (χ0) is 23.8. The van der Waals surface area contributed by atoms with E-state index in [1.165, 1.54) is 0 Å². The molecule has 6 nitrogen and oxygen atoms in total. The Kier molecular flexibility index (Phi) is 6.12. The number of ether oxygens (including phenoxy) is 2. The summed E-state index contributed by atoms with van der Waals surface area (Å²) < 4.78 is 104. The number of carboxylic acid groups (broad SMARTS) is 1. The molecule has 0 saturated heterocycles. The van der Waals surface area contributed by atoms with Crippen molar-refractivity contribution in [3.05, 3.63) is 58.7 Å². The van der Waals surface area contributed by atoms with Crippen molar-refractivity contribution < 1.29 is 54.9 Å². The number of carboxylic acids is 1. The molecule has 2 aromatic rings. The molecule has 0 aromatic heterocycles. The molecule has 0 saturated carbocycles. The number of amides is 1. The van der Waals surface area contributed by atoms with Crippen LogP contribution in [0.2, 0.25) is 0 Å². The molecule has 1 aliphatic heterocycles. The summed E-state index contributed by atoms with van der Waals surface area (Å²) in [7, 11) is 0. The number of rotatable bonds is 5. The molecule has 3 rings (SSSR count). The Morgan fingerprint density at radius 1 is 0.969 bits per heavy atom. The van der Waals surface area contributed by atoms with Crippen LogP contribution in [-0.2, 0) is 14.3 Å². The smallest absolute Gasteiger partial charge is 0.478 e. The second-order valence-corrected chi connectivity index (χ2v) is 6.29. The van der Waals surface area contributed by atoms with E-state index in [0.29, 0.717) is 6.07 Å². The van der Waals surface area contributed by atoms with E-state index < -0.39 is 88.4 Å². The first kappa shape index (κ1) is 23.1. The molecule has 0 radical (unpaired) electrons. The number of hydrogen-bond acceptors (Lipinski definition) is 4. The normalized spacial score (nSPS) is 14.0. The molecule has 32 heavy (non-hydrogen) atoms. The van der Waals surface area contributed by atoms with Crippen LogP contribution in [-0.4, -0.2) is 36.6 Å². The minimum atomic E-state index is -5.13. The lowest BCUT2D eigenvalue weighted by Gasteiger charge is -2.14. The van der Waals surface area contributed by atoms with Gasteiger partial charge >= 0.3 is 12.3 Å². The second-order valence-electron chi connectivity index (χ2n) is 6.29. The van der Waals surface area contributed by atoms with Crippen LogP contribution in [0, 0.1) is 23.3 Å². The van der Waals surface area contributed by atoms with Crippen LogP contribution in [0.3, 0.4) is 0 Å². The van der Waals surface area contributed by atoms with Gasteiger partial charge in [-0.1, -0.05) is 12.1 Å². The van der Waals surface area contributed by atoms with E-state index in [1.54, 1.807) is 5.32 Å². The predicted octanol–water partition coefficient (Wildman–Crippen LogP) is 4.16. The molecule has 13 heteroatoms. The molecule has 0 atom stereocenters. The van der Waals surface area contributed by atoms with Gasteiger partial charge in [-0.15, -0.1) is 13.2 Å². The number of alkyl halides is 3. The first-order chi connectivity index (χ1) is 14.9. The largest absolute Gasteiger partial charge is 0.573 e. The summed E-state index contributed by atoms with van der Waals surface area (Å²) in [4.78, 5) is 23.2. The van der Waals surface area contributed by atoms with E-state index in [0.717, 1.165) is 18.2 Å². The highest BCUT2D eigenvalue weighted by atomic mass is 19.4. The van der Waals surface area contributed by atoms with Crippen molar-refractivity contribution in [1.29, 1.82) is 0 Å². The lowest BCUT2D eigenvalue weighted by molar-refractivity contribution is -0.274. The van der Waals surface area contributed by atoms with E-state index in [1.807, 2.05) is 0 Å². The van der Waals surface area contributed by atoms with Crippen LogP contribution in [0.25, 0.3) is 11.1 Å². The number of carbonyl (C=O) groups is 2. The zero-order valence-corrected chi connectivity index (χ0v) is 15.4. The highest BCUT2D eigenvalue weighted by molar-refractivity contribution is 6.09. The van der Waals surface area contributed by atoms with E-state index in [4.69, 9.17) is 9.84 Å². The average molecular weight is 465 g/mol. The maximum atomic E-state index is 14.6. The number of halogens is 7. The molecule has 2 N–H and O–H groups in total. The first-order valence-corrected chi connectivity index (χ1v) is 8.47. The van der Waals surface area contributed by atoms with Gasteiger partial charge in [0.25, 0.3) is 5.91 Å². The summed E-state index contributed by atoms with van der Waals surface area (Å²) in [6.45, 7) is -0.993. The van der Waals surface area contributed by atoms with Gasteiger partial charge in [0, 0.05) is 0 Å². The van der Waals surface area contributed by atoms with Crippen LogP contribution < -0.4 is 10.1 Å². The lowest BCUT2D eigenvalue weighted by Crippen LogP contribution is -2.21. The predicted molar refractivity (Wildman–Crippen MR) is 92.5 cm³/mol. The molecule has 170 valence electrons. The molecule has 1 amide bonds. The monoisotopic (exact) mass is 465 g/mol. The highest BCUT2D eigenvalue weighted by Gasteiger charge is 2.33. The van der Waals surface area contributed by atoms with Crippen molar-refractivity contribution in [3.8, 4) is 16.9 Å². The summed E-state index contributed by atoms with van der Waals surface area (Å²) >= 11 is 0. The van der Waals surface area contributed by atoms with Gasteiger partial charge in [0.2, 0.25) is 0 Å². The topological polar surface area (TPSA) is 84.9 Å². The summed E-state index contributed by atoms with van der Waals surface area (Å²) in [6, 6.07) is 3.08. The van der Waals surface area contributed by atoms with Crippen molar-refractivity contribution in [3.63, 3.8) is 0 Å². The SMILES string of the molecule is O=C(O)C1=C(C(=O)Nc2c(F)c(F)c(-c3cccc(OC(F)(F)F)c3)c(F)c2F)COC1. The Labute approximate surface area is 173 Å². The average Bonchev–Trinajstić information content (AvgIpc) is 3.19. The minimum Gasteiger partial charge on any atom is -0.478 e. The number of hydrogen-bond donors (Lipinski definition) is 2. The third kappa shape index (κ3) is 4.51. The standard InChI is InChI=1S/C19H10F7NO5/c20-12-11(7-2-1-3-8(4-7)32-19(24,25)26)13(21)15(23)16(14(12)22)27-17(28)9-5-31-6-10(9)18(29)30/h1-4H,5-6H2,(H,27,28)(H,29,30). The second kappa shape index (κ2) is 8.49. The van der Waals surface area contributed by atoms with Gasteiger partial charge in [-0.25, -0.2) is 22.4 Å². The van der Waals surface area contributed by atoms with Gasteiger partial charge in [-0.3, -0.25) is 4.79 Å². The molecule has 0 spiro atoms. The Morgan fingerprint density at radius 2 is 1.56 bits per heavy atom. The van der Waals surface area contributed by atoms with Gasteiger partial charge in [0.15, 0.2) is 23.3 Å². The van der Waals surface area contributed by atoms with Gasteiger partial charge in [0.1, 0.15) is 11.4 Å². The van der Waals surface area contributed by atoms with Crippen molar-refractivity contribution >= 4 is 17.6 Å². The summed E-state index contributed by atoms with van der Waals surface area (Å²) in [5.41, 5.74) is -4.61. The Balaban J connectivity index is 2.03. The van der Waals surface area contributed by atoms with Gasteiger partial charge in [-0.2, -0.15) is 0 Å². The quantitative estimate of drug-likeness (QED) is 0.512. The van der Waals surface area contributed by atoms with Crippen molar-refractivity contribution in [2.75, 3.05) is 18.5 Å². The molecule has 1 heterocycles. The number of nitrogens with one attached hydrogen (secondary N) is 1. The molecular formula is C19H10F7NO5. The first-order valence-electron chi connectivity index (χ1n) is 8.47. The van der Waals surface area contributed by atoms with E-state index in [-0.39, 0.29) is 0 Å². The van der Waals surface area contributed by atoms with Crippen LogP contribution in [0.5, 0.6) is 5.75 Å². The zero-order valence-electron chi connectivity index (χ0n) is 15.4. The summed E-state index contributed by atoms with van der Waals surface area (Å²) in [5, 5.41) is 10.5. The number of anilines is 1. The number of carbonyl (C=O) groups excluding carboxylic acids is 1. The summed E-state index contributed by atoms with van der Waals surface area (Å²) in [6.07, 6.45) is -5.13. The van der Waals surface area contributed by atoms with E-state index in [2.05, 4.69) is 4.74 Å². The van der Waals surface area contributed by atoms with E-state index in [9.17, 15) is 40.3 Å². The number of benzene rings is 2. The van der Waals surface area contributed by atoms with Crippen LogP contribution in [0.1, 0.15) is 0 Å². The van der Waals surface area contributed by atoms with Gasteiger partial charge in [0.05, 0.1) is 29.9 Å². The highest BCUT2D eigenvalue weighted by Crippen LogP contribution is 2.36. The molecule has 0 unspecified atom stereocenters. The van der Waals surface area contributed by atoms with E-state index >= 15 is 0 Å². The minimum absolute atomic E-state index is 0.471. The maximum Gasteiger partial charge on any atom is 0.573 e. The van der Waals surface area contributed by atoms with Gasteiger partial charge < -0.3 is 19.9 Å². The lowest BCUT2D eigenvalue weighted by atomic mass is 10.0. The summed E-state index contributed by atoms with van der Waals surface area (Å²) in [5.74, 6) is -12.0. The Hall–Kier alpha value is -3.61. The molecule has 0 fully saturated rings. The third-order valence-corrected chi connectivity index (χ3v) is 4.25. The van der Waals surface area contributed by atoms with Crippen LogP contribution >= 0.6 is 0 Å². The maximum absolute atomic E-state index is 14.6. The Bertz CT molecular complexity index is 1110. The fourth-order valence-electron chi connectivity index (χ4n) is 2.86. The molecular weight excluding hydrogens is 455 g/mol. The van der Waals surface area contributed by atoms with Crippen molar-refractivity contribution in [2.45, 2.75) is 6.36 Å².